The second-order valence-electron chi connectivity index (χ2n) is 4.17. The molecule has 2 heterocycles. The van der Waals surface area contributed by atoms with Gasteiger partial charge in [0.2, 0.25) is 0 Å². The number of H-pyrrole nitrogens is 1. The Morgan fingerprint density at radius 2 is 2.00 bits per heavy atom. The van der Waals surface area contributed by atoms with Crippen LogP contribution >= 0.6 is 12.2 Å². The maximum atomic E-state index is 5.52. The fourth-order valence-corrected chi connectivity index (χ4v) is 2.19. The average molecular weight is 257 g/mol. The van der Waals surface area contributed by atoms with Gasteiger partial charge in [-0.15, -0.1) is 0 Å². The maximum Gasteiger partial charge on any atom is 0.197 e. The van der Waals surface area contributed by atoms with E-state index >= 15 is 0 Å². The van der Waals surface area contributed by atoms with Crippen LogP contribution < -0.4 is 0 Å². The van der Waals surface area contributed by atoms with Gasteiger partial charge in [0.1, 0.15) is 5.52 Å². The van der Waals surface area contributed by atoms with Gasteiger partial charge < -0.3 is 9.40 Å². The molecule has 18 heavy (non-hydrogen) atoms. The molecular formula is C13H11N3OS. The lowest BCUT2D eigenvalue weighted by Crippen LogP contribution is -1.90. The summed E-state index contributed by atoms with van der Waals surface area (Å²) in [6.07, 6.45) is 0. The van der Waals surface area contributed by atoms with E-state index in [1.165, 1.54) is 0 Å². The van der Waals surface area contributed by atoms with Gasteiger partial charge in [0.25, 0.3) is 0 Å². The Kier molecular flexibility index (Phi) is 2.48. The average Bonchev–Trinajstić information content (AvgIpc) is 2.66. The zero-order valence-electron chi connectivity index (χ0n) is 10.0. The molecule has 0 aliphatic rings. The summed E-state index contributed by atoms with van der Waals surface area (Å²) < 4.78 is 6.00. The number of fused-ring (bicyclic) bond motifs is 1. The van der Waals surface area contributed by atoms with E-state index in [0.717, 1.165) is 28.1 Å². The summed E-state index contributed by atoms with van der Waals surface area (Å²) in [4.78, 5) is 11.6. The van der Waals surface area contributed by atoms with Gasteiger partial charge in [0.05, 0.1) is 5.69 Å². The van der Waals surface area contributed by atoms with Crippen molar-refractivity contribution in [2.24, 2.45) is 0 Å². The molecule has 4 nitrogen and oxygen atoms in total. The van der Waals surface area contributed by atoms with Crippen molar-refractivity contribution in [2.45, 2.75) is 13.8 Å². The molecule has 0 atom stereocenters. The summed E-state index contributed by atoms with van der Waals surface area (Å²) >= 11 is 5.08. The second-order valence-corrected chi connectivity index (χ2v) is 4.56. The van der Waals surface area contributed by atoms with E-state index in [1.54, 1.807) is 0 Å². The quantitative estimate of drug-likeness (QED) is 0.677. The van der Waals surface area contributed by atoms with Gasteiger partial charge in [-0.2, -0.15) is 0 Å². The number of oxazole rings is 1. The zero-order chi connectivity index (χ0) is 12.7. The first-order valence-corrected chi connectivity index (χ1v) is 5.98. The van der Waals surface area contributed by atoms with Crippen molar-refractivity contribution in [2.75, 3.05) is 0 Å². The summed E-state index contributed by atoms with van der Waals surface area (Å²) in [6, 6.07) is 7.80. The molecular weight excluding hydrogens is 246 g/mol. The van der Waals surface area contributed by atoms with Gasteiger partial charge in [0, 0.05) is 18.2 Å². The van der Waals surface area contributed by atoms with E-state index < -0.39 is 0 Å². The number of aryl methyl sites for hydroxylation is 2. The molecule has 1 aromatic carbocycles. The topological polar surface area (TPSA) is 54.7 Å². The predicted octanol–water partition coefficient (Wildman–Crippen LogP) is 3.56. The molecule has 0 aliphatic carbocycles. The van der Waals surface area contributed by atoms with Crippen LogP contribution in [0.5, 0.6) is 0 Å². The lowest BCUT2D eigenvalue weighted by atomic mass is 10.1. The highest BCUT2D eigenvalue weighted by Crippen LogP contribution is 2.23. The lowest BCUT2D eigenvalue weighted by Gasteiger charge is -2.01. The molecule has 2 aromatic heterocycles. The second kappa shape index (κ2) is 4.03. The van der Waals surface area contributed by atoms with Crippen LogP contribution in [0.4, 0.5) is 0 Å². The molecule has 0 saturated heterocycles. The fourth-order valence-electron chi connectivity index (χ4n) is 1.93. The third-order valence-corrected chi connectivity index (χ3v) is 2.86. The van der Waals surface area contributed by atoms with Crippen LogP contribution in [-0.4, -0.2) is 15.0 Å². The first kappa shape index (κ1) is 11.1. The van der Waals surface area contributed by atoms with Gasteiger partial charge in [-0.1, -0.05) is 6.07 Å². The van der Waals surface area contributed by atoms with Crippen LogP contribution in [0.25, 0.3) is 22.4 Å². The molecule has 0 bridgehead atoms. The first-order valence-electron chi connectivity index (χ1n) is 5.57. The molecule has 0 amide bonds. The largest absolute Gasteiger partial charge is 0.441 e. The van der Waals surface area contributed by atoms with Gasteiger partial charge in [-0.25, -0.2) is 9.97 Å². The summed E-state index contributed by atoms with van der Waals surface area (Å²) in [5.74, 6) is 0.664. The molecule has 0 saturated carbocycles. The standard InChI is InChI=1S/C13H11N3OS/c1-7-5-11(16-13(18)14-7)9-3-4-10-12(6-9)17-8(2)15-10/h3-6H,1-2H3,(H,14,16,18). The predicted molar refractivity (Wildman–Crippen MR) is 71.9 cm³/mol. The van der Waals surface area contributed by atoms with E-state index in [1.807, 2.05) is 38.1 Å². The minimum atomic E-state index is 0.485. The van der Waals surface area contributed by atoms with Crippen LogP contribution in [0.2, 0.25) is 0 Å². The first-order chi connectivity index (χ1) is 8.61. The van der Waals surface area contributed by atoms with E-state index in [9.17, 15) is 0 Å². The normalized spacial score (nSPS) is 11.0. The summed E-state index contributed by atoms with van der Waals surface area (Å²) in [5, 5.41) is 0. The highest BCUT2D eigenvalue weighted by Gasteiger charge is 2.06. The third-order valence-electron chi connectivity index (χ3n) is 2.67. The third kappa shape index (κ3) is 1.93. The Morgan fingerprint density at radius 3 is 2.78 bits per heavy atom. The van der Waals surface area contributed by atoms with Crippen molar-refractivity contribution in [3.05, 3.63) is 40.6 Å². The number of hydrogen-bond acceptors (Lipinski definition) is 4. The molecule has 0 fully saturated rings. The molecule has 0 unspecified atom stereocenters. The van der Waals surface area contributed by atoms with Crippen LogP contribution in [-0.2, 0) is 0 Å². The van der Waals surface area contributed by atoms with Crippen molar-refractivity contribution >= 4 is 23.3 Å². The van der Waals surface area contributed by atoms with Gasteiger partial charge in [-0.3, -0.25) is 0 Å². The highest BCUT2D eigenvalue weighted by molar-refractivity contribution is 7.71. The number of benzene rings is 1. The summed E-state index contributed by atoms with van der Waals surface area (Å²) in [7, 11) is 0. The Morgan fingerprint density at radius 1 is 1.17 bits per heavy atom. The van der Waals surface area contributed by atoms with Gasteiger partial charge >= 0.3 is 0 Å². The minimum Gasteiger partial charge on any atom is -0.441 e. The minimum absolute atomic E-state index is 0.485. The van der Waals surface area contributed by atoms with E-state index in [0.29, 0.717) is 10.7 Å². The lowest BCUT2D eigenvalue weighted by molar-refractivity contribution is 0.561. The van der Waals surface area contributed by atoms with Crippen molar-refractivity contribution < 1.29 is 4.42 Å². The Balaban J connectivity index is 2.21. The highest BCUT2D eigenvalue weighted by atomic mass is 32.1. The number of aromatic nitrogens is 3. The van der Waals surface area contributed by atoms with Gasteiger partial charge in [-0.05, 0) is 37.3 Å². The Bertz CT molecular complexity index is 788. The number of rotatable bonds is 1. The van der Waals surface area contributed by atoms with E-state index in [-0.39, 0.29) is 0 Å². The van der Waals surface area contributed by atoms with Crippen molar-refractivity contribution in [3.8, 4) is 11.3 Å². The molecule has 5 heteroatoms. The van der Waals surface area contributed by atoms with E-state index in [4.69, 9.17) is 16.6 Å². The summed E-state index contributed by atoms with van der Waals surface area (Å²) in [6.45, 7) is 3.79. The number of nitrogens with one attached hydrogen (secondary N) is 1. The van der Waals surface area contributed by atoms with E-state index in [2.05, 4.69) is 15.0 Å². The van der Waals surface area contributed by atoms with Crippen molar-refractivity contribution in [3.63, 3.8) is 0 Å². The smallest absolute Gasteiger partial charge is 0.197 e. The monoisotopic (exact) mass is 257 g/mol. The molecule has 1 N–H and O–H groups in total. The van der Waals surface area contributed by atoms with Crippen molar-refractivity contribution in [1.29, 1.82) is 0 Å². The molecule has 0 aliphatic heterocycles. The summed E-state index contributed by atoms with van der Waals surface area (Å²) in [5.41, 5.74) is 4.42. The molecule has 0 radical (unpaired) electrons. The number of hydrogen-bond donors (Lipinski definition) is 1. The molecule has 3 aromatic rings. The zero-order valence-corrected chi connectivity index (χ0v) is 10.8. The number of aromatic amines is 1. The maximum absolute atomic E-state index is 5.52. The molecule has 0 spiro atoms. The molecule has 90 valence electrons. The van der Waals surface area contributed by atoms with Crippen molar-refractivity contribution in [1.82, 2.24) is 15.0 Å². The SMILES string of the molecule is Cc1cc(-c2ccc3nc(C)oc3c2)nc(=S)[nH]1. The van der Waals surface area contributed by atoms with Crippen LogP contribution in [0.15, 0.2) is 28.7 Å². The molecule has 3 rings (SSSR count). The van der Waals surface area contributed by atoms with Crippen LogP contribution in [0.1, 0.15) is 11.6 Å². The Labute approximate surface area is 109 Å². The Hall–Kier alpha value is -2.01. The van der Waals surface area contributed by atoms with Crippen LogP contribution in [0.3, 0.4) is 0 Å². The van der Waals surface area contributed by atoms with Crippen LogP contribution in [0, 0.1) is 18.6 Å². The fraction of sp³-hybridized carbons (Fsp3) is 0.154. The number of nitrogens with zero attached hydrogens (tertiary/aromatic N) is 2. The van der Waals surface area contributed by atoms with Gasteiger partial charge in [0.15, 0.2) is 16.2 Å².